The SMILES string of the molecule is FCc1ncc(Br)o1. The second-order valence-corrected chi connectivity index (χ2v) is 1.97. The van der Waals surface area contributed by atoms with Crippen LogP contribution in [0.4, 0.5) is 4.39 Å². The van der Waals surface area contributed by atoms with E-state index in [1.165, 1.54) is 6.20 Å². The smallest absolute Gasteiger partial charge is 0.227 e. The molecule has 0 aromatic carbocycles. The van der Waals surface area contributed by atoms with E-state index in [1.54, 1.807) is 0 Å². The van der Waals surface area contributed by atoms with E-state index < -0.39 is 6.67 Å². The molecule has 0 unspecified atom stereocenters. The Morgan fingerprint density at radius 1 is 1.88 bits per heavy atom. The van der Waals surface area contributed by atoms with E-state index in [1.807, 2.05) is 0 Å². The number of oxazole rings is 1. The first-order valence-corrected chi connectivity index (χ1v) is 2.78. The summed E-state index contributed by atoms with van der Waals surface area (Å²) in [5.74, 6) is 0.108. The van der Waals surface area contributed by atoms with Gasteiger partial charge in [0.1, 0.15) is 0 Å². The summed E-state index contributed by atoms with van der Waals surface area (Å²) in [7, 11) is 0. The predicted molar refractivity (Wildman–Crippen MR) is 29.0 cm³/mol. The van der Waals surface area contributed by atoms with E-state index in [4.69, 9.17) is 0 Å². The molecule has 1 aromatic rings. The summed E-state index contributed by atoms with van der Waals surface area (Å²) in [6.45, 7) is -0.647. The third-order valence-electron chi connectivity index (χ3n) is 0.640. The first-order valence-electron chi connectivity index (χ1n) is 1.99. The first-order chi connectivity index (χ1) is 3.83. The molecule has 44 valence electrons. The van der Waals surface area contributed by atoms with Crippen molar-refractivity contribution in [2.24, 2.45) is 0 Å². The molecule has 0 N–H and O–H groups in total. The van der Waals surface area contributed by atoms with Crippen LogP contribution in [-0.4, -0.2) is 4.98 Å². The van der Waals surface area contributed by atoms with Gasteiger partial charge in [-0.05, 0) is 15.9 Å². The van der Waals surface area contributed by atoms with Gasteiger partial charge in [-0.2, -0.15) is 0 Å². The highest BCUT2D eigenvalue weighted by Gasteiger charge is 1.96. The van der Waals surface area contributed by atoms with Crippen molar-refractivity contribution >= 4 is 15.9 Å². The zero-order chi connectivity index (χ0) is 5.98. The lowest BCUT2D eigenvalue weighted by Crippen LogP contribution is -1.71. The van der Waals surface area contributed by atoms with Crippen LogP contribution in [0.5, 0.6) is 0 Å². The average Bonchev–Trinajstić information content (AvgIpc) is 2.14. The van der Waals surface area contributed by atoms with Gasteiger partial charge >= 0.3 is 0 Å². The van der Waals surface area contributed by atoms with E-state index in [0.29, 0.717) is 4.67 Å². The maximum absolute atomic E-state index is 11.6. The molecule has 0 aliphatic rings. The highest BCUT2D eigenvalue weighted by molar-refractivity contribution is 9.10. The highest BCUT2D eigenvalue weighted by atomic mass is 79.9. The molecular formula is C4H3BrFNO. The topological polar surface area (TPSA) is 26.0 Å². The van der Waals surface area contributed by atoms with Gasteiger partial charge in [0.25, 0.3) is 0 Å². The molecule has 0 radical (unpaired) electrons. The van der Waals surface area contributed by atoms with Gasteiger partial charge in [-0.15, -0.1) is 0 Å². The molecule has 1 heterocycles. The van der Waals surface area contributed by atoms with Crippen molar-refractivity contribution in [1.82, 2.24) is 4.98 Å². The number of aromatic nitrogens is 1. The normalized spacial score (nSPS) is 9.75. The van der Waals surface area contributed by atoms with Gasteiger partial charge < -0.3 is 4.42 Å². The van der Waals surface area contributed by atoms with Crippen LogP contribution in [0.2, 0.25) is 0 Å². The van der Waals surface area contributed by atoms with Gasteiger partial charge in [-0.3, -0.25) is 0 Å². The minimum Gasteiger partial charge on any atom is -0.431 e. The largest absolute Gasteiger partial charge is 0.431 e. The Bertz CT molecular complexity index is 176. The zero-order valence-corrected chi connectivity index (χ0v) is 5.48. The lowest BCUT2D eigenvalue weighted by Gasteiger charge is -1.77. The van der Waals surface area contributed by atoms with Crippen LogP contribution in [0.25, 0.3) is 0 Å². The number of alkyl halides is 1. The minimum atomic E-state index is -0.647. The van der Waals surface area contributed by atoms with E-state index in [-0.39, 0.29) is 5.89 Å². The lowest BCUT2D eigenvalue weighted by atomic mass is 10.8. The molecule has 0 atom stereocenters. The molecule has 1 aromatic heterocycles. The summed E-state index contributed by atoms with van der Waals surface area (Å²) in [5, 5.41) is 0. The Hall–Kier alpha value is -0.380. The Morgan fingerprint density at radius 2 is 2.62 bits per heavy atom. The van der Waals surface area contributed by atoms with Gasteiger partial charge in [-0.1, -0.05) is 0 Å². The number of hydrogen-bond acceptors (Lipinski definition) is 2. The van der Waals surface area contributed by atoms with Crippen molar-refractivity contribution in [2.45, 2.75) is 6.67 Å². The lowest BCUT2D eigenvalue weighted by molar-refractivity contribution is 0.373. The van der Waals surface area contributed by atoms with Crippen LogP contribution in [0.15, 0.2) is 15.3 Å². The van der Waals surface area contributed by atoms with Gasteiger partial charge in [0, 0.05) is 0 Å². The van der Waals surface area contributed by atoms with Gasteiger partial charge in [0.05, 0.1) is 6.20 Å². The predicted octanol–water partition coefficient (Wildman–Crippen LogP) is 1.91. The Kier molecular flexibility index (Phi) is 1.62. The second-order valence-electron chi connectivity index (χ2n) is 1.19. The number of hydrogen-bond donors (Lipinski definition) is 0. The molecule has 2 nitrogen and oxygen atoms in total. The molecule has 0 fully saturated rings. The third-order valence-corrected chi connectivity index (χ3v) is 1.01. The number of rotatable bonds is 1. The fourth-order valence-corrected chi connectivity index (χ4v) is 0.639. The molecule has 0 saturated carbocycles. The van der Waals surface area contributed by atoms with Crippen LogP contribution < -0.4 is 0 Å². The zero-order valence-electron chi connectivity index (χ0n) is 3.90. The molecule has 0 saturated heterocycles. The van der Waals surface area contributed by atoms with Crippen molar-refractivity contribution in [3.63, 3.8) is 0 Å². The maximum Gasteiger partial charge on any atom is 0.227 e. The summed E-state index contributed by atoms with van der Waals surface area (Å²) < 4.78 is 16.7. The van der Waals surface area contributed by atoms with Gasteiger partial charge in [-0.25, -0.2) is 9.37 Å². The van der Waals surface area contributed by atoms with Crippen LogP contribution in [-0.2, 0) is 6.67 Å². The standard InChI is InChI=1S/C4H3BrFNO/c5-3-2-7-4(1-6)8-3/h2H,1H2. The monoisotopic (exact) mass is 179 g/mol. The van der Waals surface area contributed by atoms with Crippen molar-refractivity contribution in [3.8, 4) is 0 Å². The molecule has 8 heavy (non-hydrogen) atoms. The van der Waals surface area contributed by atoms with Crippen molar-refractivity contribution in [2.75, 3.05) is 0 Å². The van der Waals surface area contributed by atoms with E-state index in [2.05, 4.69) is 25.3 Å². The fraction of sp³-hybridized carbons (Fsp3) is 0.250. The van der Waals surface area contributed by atoms with E-state index in [9.17, 15) is 4.39 Å². The summed E-state index contributed by atoms with van der Waals surface area (Å²) in [5.41, 5.74) is 0. The minimum absolute atomic E-state index is 0.108. The summed E-state index contributed by atoms with van der Waals surface area (Å²) in [6, 6.07) is 0. The molecule has 1 rings (SSSR count). The summed E-state index contributed by atoms with van der Waals surface area (Å²) >= 11 is 2.98. The molecule has 4 heteroatoms. The van der Waals surface area contributed by atoms with E-state index >= 15 is 0 Å². The molecule has 0 bridgehead atoms. The Morgan fingerprint density at radius 3 is 2.88 bits per heavy atom. The van der Waals surface area contributed by atoms with Crippen LogP contribution in [0, 0.1) is 0 Å². The molecule has 0 aliphatic heterocycles. The quantitative estimate of drug-likeness (QED) is 0.659. The van der Waals surface area contributed by atoms with E-state index in [0.717, 1.165) is 0 Å². The van der Waals surface area contributed by atoms with Crippen molar-refractivity contribution in [3.05, 3.63) is 16.8 Å². The average molecular weight is 180 g/mol. The van der Waals surface area contributed by atoms with Crippen LogP contribution in [0.1, 0.15) is 5.89 Å². The van der Waals surface area contributed by atoms with Crippen molar-refractivity contribution in [1.29, 1.82) is 0 Å². The Labute approximate surface area is 53.8 Å². The summed E-state index contributed by atoms with van der Waals surface area (Å²) in [4.78, 5) is 3.55. The highest BCUT2D eigenvalue weighted by Crippen LogP contribution is 2.10. The summed E-state index contributed by atoms with van der Waals surface area (Å²) in [6.07, 6.45) is 1.41. The van der Waals surface area contributed by atoms with Crippen LogP contribution in [0.3, 0.4) is 0 Å². The molecular weight excluding hydrogens is 177 g/mol. The number of nitrogens with zero attached hydrogens (tertiary/aromatic N) is 1. The third kappa shape index (κ3) is 1.06. The molecule has 0 aliphatic carbocycles. The van der Waals surface area contributed by atoms with Crippen LogP contribution >= 0.6 is 15.9 Å². The first kappa shape index (κ1) is 5.75. The molecule has 0 amide bonds. The fourth-order valence-electron chi connectivity index (χ4n) is 0.350. The van der Waals surface area contributed by atoms with Gasteiger partial charge in [0.2, 0.25) is 5.89 Å². The maximum atomic E-state index is 11.6. The second kappa shape index (κ2) is 2.26. The molecule has 0 spiro atoms. The van der Waals surface area contributed by atoms with Crippen molar-refractivity contribution < 1.29 is 8.81 Å². The number of halogens is 2. The Balaban J connectivity index is 2.84. The van der Waals surface area contributed by atoms with Gasteiger partial charge in [0.15, 0.2) is 11.3 Å².